The fourth-order valence-electron chi connectivity index (χ4n) is 5.02. The van der Waals surface area contributed by atoms with Crippen LogP contribution in [-0.4, -0.2) is 55.2 Å². The van der Waals surface area contributed by atoms with E-state index in [0.717, 1.165) is 20.8 Å². The van der Waals surface area contributed by atoms with Crippen LogP contribution in [0.3, 0.4) is 0 Å². The van der Waals surface area contributed by atoms with Crippen molar-refractivity contribution >= 4 is 17.9 Å². The molecule has 4 rings (SSSR count). The second-order valence-corrected chi connectivity index (χ2v) is 9.50. The Balaban J connectivity index is 1.87. The number of rotatable bonds is 10. The van der Waals surface area contributed by atoms with E-state index in [1.807, 2.05) is 60.7 Å². The molecule has 1 aliphatic rings. The fourth-order valence-corrected chi connectivity index (χ4v) is 5.02. The van der Waals surface area contributed by atoms with E-state index in [4.69, 9.17) is 25.1 Å². The van der Waals surface area contributed by atoms with E-state index < -0.39 is 54.2 Å². The van der Waals surface area contributed by atoms with Crippen molar-refractivity contribution in [3.05, 3.63) is 118 Å². The number of hydrogen-bond donors (Lipinski definition) is 0. The van der Waals surface area contributed by atoms with Gasteiger partial charge in [0, 0.05) is 25.7 Å². The third-order valence-electron chi connectivity index (χ3n) is 6.60. The number of hydrogen-bond acceptors (Lipinski definition) is 9. The van der Waals surface area contributed by atoms with Crippen LogP contribution in [0, 0.1) is 0 Å². The normalized spacial score (nSPS) is 22.2. The van der Waals surface area contributed by atoms with E-state index in [-0.39, 0.29) is 12.6 Å². The van der Waals surface area contributed by atoms with Gasteiger partial charge in [0.2, 0.25) is 6.29 Å². The minimum absolute atomic E-state index is 0.204. The molecule has 1 aliphatic heterocycles. The van der Waals surface area contributed by atoms with E-state index >= 15 is 0 Å². The molecule has 1 saturated heterocycles. The molecule has 0 radical (unpaired) electrons. The SMILES string of the molecule is [2H]c1ccccc1C(OC[C@H]1OC(OC(C)=O)[C@H](N=[N+]=[N-])[C@@H](OC(C)=O)[C@@H]1OC(C)=O)(c1ccccc1)c1ccccc1. The number of carbonyl (C=O) groups excluding carboxylic acids is 3. The van der Waals surface area contributed by atoms with E-state index in [0.29, 0.717) is 16.7 Å². The maximum absolute atomic E-state index is 12.3. The van der Waals surface area contributed by atoms with Gasteiger partial charge in [-0.1, -0.05) is 96.1 Å². The van der Waals surface area contributed by atoms with E-state index in [9.17, 15) is 19.9 Å². The van der Waals surface area contributed by atoms with E-state index in [1.165, 1.54) is 0 Å². The first kappa shape index (κ1) is 28.8. The van der Waals surface area contributed by atoms with Crippen molar-refractivity contribution in [1.29, 1.82) is 0 Å². The van der Waals surface area contributed by atoms with Crippen LogP contribution in [0.25, 0.3) is 10.4 Å². The zero-order valence-electron chi connectivity index (χ0n) is 24.3. The molecule has 0 spiro atoms. The van der Waals surface area contributed by atoms with Crippen molar-refractivity contribution in [2.75, 3.05) is 6.61 Å². The van der Waals surface area contributed by atoms with Crippen molar-refractivity contribution in [2.45, 2.75) is 57.0 Å². The van der Waals surface area contributed by atoms with Gasteiger partial charge in [-0.05, 0) is 22.2 Å². The third-order valence-corrected chi connectivity index (χ3v) is 6.60. The maximum atomic E-state index is 12.3. The lowest BCUT2D eigenvalue weighted by atomic mass is 9.80. The highest BCUT2D eigenvalue weighted by molar-refractivity contribution is 5.68. The number of azide groups is 1. The van der Waals surface area contributed by atoms with E-state index in [2.05, 4.69) is 10.0 Å². The summed E-state index contributed by atoms with van der Waals surface area (Å²) < 4.78 is 38.1. The van der Waals surface area contributed by atoms with E-state index in [1.54, 1.807) is 24.3 Å². The average Bonchev–Trinajstić information content (AvgIpc) is 2.98. The fraction of sp³-hybridized carbons (Fsp3) is 0.323. The Morgan fingerprint density at radius 3 is 1.81 bits per heavy atom. The smallest absolute Gasteiger partial charge is 0.304 e. The summed E-state index contributed by atoms with van der Waals surface area (Å²) in [4.78, 5) is 39.2. The summed E-state index contributed by atoms with van der Waals surface area (Å²) in [5, 5.41) is 3.65. The largest absolute Gasteiger partial charge is 0.458 e. The molecule has 1 fully saturated rings. The highest BCUT2D eigenvalue weighted by Gasteiger charge is 2.52. The van der Waals surface area contributed by atoms with Crippen molar-refractivity contribution in [1.82, 2.24) is 0 Å². The average molecular weight is 575 g/mol. The molecule has 11 nitrogen and oxygen atoms in total. The lowest BCUT2D eigenvalue weighted by Gasteiger charge is -2.44. The molecule has 0 aromatic heterocycles. The Labute approximate surface area is 244 Å². The minimum atomic E-state index is -1.50. The van der Waals surface area contributed by atoms with Crippen LogP contribution in [0.4, 0.5) is 0 Å². The maximum Gasteiger partial charge on any atom is 0.304 e. The summed E-state index contributed by atoms with van der Waals surface area (Å²) in [6.07, 6.45) is -5.38. The van der Waals surface area contributed by atoms with Gasteiger partial charge < -0.3 is 23.7 Å². The van der Waals surface area contributed by atoms with Gasteiger partial charge in [-0.15, -0.1) is 0 Å². The molecule has 0 aliphatic carbocycles. The summed E-state index contributed by atoms with van der Waals surface area (Å²) >= 11 is 0. The quantitative estimate of drug-likeness (QED) is 0.0836. The summed E-state index contributed by atoms with van der Waals surface area (Å²) in [5.41, 5.74) is 9.79. The molecular weight excluding hydrogens is 542 g/mol. The Bertz CT molecular complexity index is 1440. The van der Waals surface area contributed by atoms with Gasteiger partial charge in [-0.25, -0.2) is 0 Å². The Kier molecular flexibility index (Phi) is 9.45. The highest BCUT2D eigenvalue weighted by atomic mass is 16.7. The van der Waals surface area contributed by atoms with Crippen molar-refractivity contribution in [2.24, 2.45) is 5.11 Å². The Morgan fingerprint density at radius 1 is 0.810 bits per heavy atom. The molecule has 0 N–H and O–H groups in total. The lowest BCUT2D eigenvalue weighted by Crippen LogP contribution is -2.61. The van der Waals surface area contributed by atoms with Gasteiger partial charge in [0.05, 0.1) is 7.98 Å². The Morgan fingerprint density at radius 2 is 1.31 bits per heavy atom. The molecular formula is C31H31N3O8. The molecule has 1 heterocycles. The first-order valence-corrected chi connectivity index (χ1v) is 13.2. The number of nitrogens with zero attached hydrogens (tertiary/aromatic N) is 3. The van der Waals surface area contributed by atoms with Crippen molar-refractivity contribution in [3.8, 4) is 0 Å². The summed E-state index contributed by atoms with van der Waals surface area (Å²) in [7, 11) is 0. The topological polar surface area (TPSA) is 146 Å². The number of ether oxygens (including phenoxy) is 5. The van der Waals surface area contributed by atoms with Gasteiger partial charge in [-0.2, -0.15) is 0 Å². The van der Waals surface area contributed by atoms with Crippen LogP contribution in [0.1, 0.15) is 38.8 Å². The molecule has 0 amide bonds. The molecule has 3 aromatic rings. The zero-order valence-corrected chi connectivity index (χ0v) is 23.3. The molecule has 42 heavy (non-hydrogen) atoms. The number of carbonyl (C=O) groups is 3. The Hall–Kier alpha value is -4.70. The molecule has 218 valence electrons. The first-order chi connectivity index (χ1) is 20.7. The number of benzene rings is 3. The third kappa shape index (κ3) is 6.77. The molecule has 0 saturated carbocycles. The monoisotopic (exact) mass is 574 g/mol. The van der Waals surface area contributed by atoms with Crippen molar-refractivity contribution < 1.29 is 39.4 Å². The van der Waals surface area contributed by atoms with Crippen LogP contribution in [-0.2, 0) is 43.7 Å². The molecule has 0 bridgehead atoms. The van der Waals surface area contributed by atoms with Gasteiger partial charge >= 0.3 is 17.9 Å². The second-order valence-electron chi connectivity index (χ2n) is 9.50. The van der Waals surface area contributed by atoms with Crippen LogP contribution in [0.2, 0.25) is 0 Å². The highest BCUT2D eigenvalue weighted by Crippen LogP contribution is 2.41. The second kappa shape index (κ2) is 13.8. The predicted octanol–water partition coefficient (Wildman–Crippen LogP) is 4.83. The van der Waals surface area contributed by atoms with Crippen LogP contribution < -0.4 is 0 Å². The summed E-state index contributed by atoms with van der Waals surface area (Å²) in [6.45, 7) is 3.13. The molecule has 1 unspecified atom stereocenters. The van der Waals surface area contributed by atoms with Gasteiger partial charge in [0.1, 0.15) is 17.7 Å². The summed E-state index contributed by atoms with van der Waals surface area (Å²) in [6, 6.07) is 24.4. The van der Waals surface area contributed by atoms with Gasteiger partial charge in [-0.3, -0.25) is 14.4 Å². The van der Waals surface area contributed by atoms with Crippen LogP contribution in [0.5, 0.6) is 0 Å². The minimum Gasteiger partial charge on any atom is -0.458 e. The molecule has 3 aromatic carbocycles. The standard InChI is InChI=1S/C31H31N3O8/c1-20(35)39-28-26(42-30(41-22(3)37)27(33-34-32)29(28)40-21(2)36)19-38-31(23-13-7-4-8-14-23,24-15-9-5-10-16-24)25-17-11-6-12-18-25/h4-18,26-30H,19H2,1-3H3/t26-,27-,28-,29-,30?/m1/s1/i13D. The van der Waals surface area contributed by atoms with Crippen LogP contribution >= 0.6 is 0 Å². The van der Waals surface area contributed by atoms with Gasteiger partial charge in [0.25, 0.3) is 0 Å². The van der Waals surface area contributed by atoms with Crippen LogP contribution in [0.15, 0.2) is 96.1 Å². The first-order valence-electron chi connectivity index (χ1n) is 13.7. The van der Waals surface area contributed by atoms with Gasteiger partial charge in [0.15, 0.2) is 12.2 Å². The predicted molar refractivity (Wildman–Crippen MR) is 150 cm³/mol. The summed E-state index contributed by atoms with van der Waals surface area (Å²) in [5.74, 6) is -2.23. The zero-order chi connectivity index (χ0) is 31.0. The molecule has 5 atom stereocenters. The van der Waals surface area contributed by atoms with Crippen molar-refractivity contribution in [3.63, 3.8) is 0 Å². The number of esters is 3. The lowest BCUT2D eigenvalue weighted by molar-refractivity contribution is -0.271. The molecule has 11 heteroatoms.